The van der Waals surface area contributed by atoms with E-state index in [9.17, 15) is 5.11 Å². The Morgan fingerprint density at radius 1 is 1.00 bits per heavy atom. The van der Waals surface area contributed by atoms with Gasteiger partial charge in [-0.25, -0.2) is 0 Å². The maximum Gasteiger partial charge on any atom is 0.0698 e. The second-order valence-electron chi connectivity index (χ2n) is 8.00. The number of hydrogen-bond acceptors (Lipinski definition) is 1. The van der Waals surface area contributed by atoms with Gasteiger partial charge in [-0.05, 0) is 47.8 Å². The zero-order valence-electron chi connectivity index (χ0n) is 12.8. The van der Waals surface area contributed by atoms with Gasteiger partial charge in [-0.1, -0.05) is 57.0 Å². The quantitative estimate of drug-likeness (QED) is 0.763. The molecule has 0 atom stereocenters. The lowest BCUT2D eigenvalue weighted by Crippen LogP contribution is -2.47. The fourth-order valence-corrected chi connectivity index (χ4v) is 4.88. The van der Waals surface area contributed by atoms with Crippen molar-refractivity contribution in [3.05, 3.63) is 33.8 Å². The SMILES string of the molecule is CC1(C)CC(C)(C)CC(O)(Cc2ccc(Cl)cc2Cl)C1. The number of benzene rings is 1. The van der Waals surface area contributed by atoms with Crippen molar-refractivity contribution in [3.8, 4) is 0 Å². The maximum absolute atomic E-state index is 11.1. The number of rotatable bonds is 2. The van der Waals surface area contributed by atoms with Gasteiger partial charge in [-0.3, -0.25) is 0 Å². The molecule has 0 bridgehead atoms. The highest BCUT2D eigenvalue weighted by atomic mass is 35.5. The fraction of sp³-hybridized carbons (Fsp3) is 0.647. The van der Waals surface area contributed by atoms with E-state index in [2.05, 4.69) is 27.7 Å². The Bertz CT molecular complexity index is 490. The summed E-state index contributed by atoms with van der Waals surface area (Å²) in [5.41, 5.74) is 0.583. The molecule has 1 N–H and O–H groups in total. The molecule has 1 saturated carbocycles. The van der Waals surface area contributed by atoms with Gasteiger partial charge >= 0.3 is 0 Å². The minimum absolute atomic E-state index is 0.148. The van der Waals surface area contributed by atoms with Crippen molar-refractivity contribution in [2.45, 2.75) is 59.0 Å². The minimum atomic E-state index is -0.692. The number of halogens is 2. The van der Waals surface area contributed by atoms with Crippen molar-refractivity contribution in [3.63, 3.8) is 0 Å². The summed E-state index contributed by atoms with van der Waals surface area (Å²) in [5.74, 6) is 0. The summed E-state index contributed by atoms with van der Waals surface area (Å²) in [5, 5.41) is 12.4. The van der Waals surface area contributed by atoms with Gasteiger partial charge in [0.1, 0.15) is 0 Å². The second-order valence-corrected chi connectivity index (χ2v) is 8.84. The van der Waals surface area contributed by atoms with Crippen molar-refractivity contribution in [2.75, 3.05) is 0 Å². The smallest absolute Gasteiger partial charge is 0.0698 e. The first kappa shape index (κ1) is 16.1. The van der Waals surface area contributed by atoms with Gasteiger partial charge in [0.05, 0.1) is 5.60 Å². The average molecular weight is 315 g/mol. The molecule has 112 valence electrons. The van der Waals surface area contributed by atoms with Crippen LogP contribution in [0.4, 0.5) is 0 Å². The van der Waals surface area contributed by atoms with E-state index < -0.39 is 5.60 Å². The minimum Gasteiger partial charge on any atom is -0.390 e. The summed E-state index contributed by atoms with van der Waals surface area (Å²) >= 11 is 12.2. The average Bonchev–Trinajstić information content (AvgIpc) is 2.16. The third-order valence-corrected chi connectivity index (χ3v) is 4.69. The van der Waals surface area contributed by atoms with E-state index in [1.165, 1.54) is 0 Å². The molecule has 1 fully saturated rings. The van der Waals surface area contributed by atoms with E-state index in [1.54, 1.807) is 6.07 Å². The van der Waals surface area contributed by atoms with Crippen LogP contribution in [0.25, 0.3) is 0 Å². The Morgan fingerprint density at radius 3 is 2.05 bits per heavy atom. The molecule has 1 aromatic carbocycles. The third-order valence-electron chi connectivity index (χ3n) is 4.11. The third kappa shape index (κ3) is 3.90. The molecule has 0 aliphatic heterocycles. The molecular weight excluding hydrogens is 291 g/mol. The Morgan fingerprint density at radius 2 is 1.55 bits per heavy atom. The van der Waals surface area contributed by atoms with Crippen molar-refractivity contribution in [1.82, 2.24) is 0 Å². The summed E-state index contributed by atoms with van der Waals surface area (Å²) < 4.78 is 0. The van der Waals surface area contributed by atoms with E-state index in [-0.39, 0.29) is 10.8 Å². The van der Waals surface area contributed by atoms with Crippen molar-refractivity contribution >= 4 is 23.2 Å². The van der Waals surface area contributed by atoms with Crippen LogP contribution in [0.1, 0.15) is 52.5 Å². The van der Waals surface area contributed by atoms with Crippen LogP contribution in [-0.4, -0.2) is 10.7 Å². The molecule has 0 radical (unpaired) electrons. The largest absolute Gasteiger partial charge is 0.390 e. The Balaban J connectivity index is 2.26. The first-order valence-corrected chi connectivity index (χ1v) is 7.92. The lowest BCUT2D eigenvalue weighted by atomic mass is 9.58. The van der Waals surface area contributed by atoms with Crippen LogP contribution >= 0.6 is 23.2 Å². The summed E-state index contributed by atoms with van der Waals surface area (Å²) in [6.45, 7) is 8.95. The van der Waals surface area contributed by atoms with Crippen LogP contribution < -0.4 is 0 Å². The first-order valence-electron chi connectivity index (χ1n) is 7.17. The van der Waals surface area contributed by atoms with Crippen LogP contribution in [0, 0.1) is 10.8 Å². The molecule has 0 aromatic heterocycles. The normalized spacial score (nSPS) is 23.6. The van der Waals surface area contributed by atoms with Gasteiger partial charge in [-0.2, -0.15) is 0 Å². The van der Waals surface area contributed by atoms with E-state index in [0.717, 1.165) is 24.8 Å². The zero-order valence-corrected chi connectivity index (χ0v) is 14.3. The van der Waals surface area contributed by atoms with E-state index >= 15 is 0 Å². The Labute approximate surface area is 132 Å². The Hall–Kier alpha value is -0.240. The molecule has 0 spiro atoms. The first-order chi connectivity index (χ1) is 9.00. The summed E-state index contributed by atoms with van der Waals surface area (Å²) in [7, 11) is 0. The second kappa shape index (κ2) is 5.19. The van der Waals surface area contributed by atoms with Crippen molar-refractivity contribution < 1.29 is 5.11 Å². The lowest BCUT2D eigenvalue weighted by molar-refractivity contribution is -0.0850. The predicted molar refractivity (Wildman–Crippen MR) is 86.5 cm³/mol. The molecule has 1 aromatic rings. The summed E-state index contributed by atoms with van der Waals surface area (Å²) in [6.07, 6.45) is 3.34. The molecule has 1 aliphatic carbocycles. The van der Waals surface area contributed by atoms with E-state index in [1.807, 2.05) is 12.1 Å². The van der Waals surface area contributed by atoms with E-state index in [4.69, 9.17) is 23.2 Å². The number of aliphatic hydroxyl groups is 1. The van der Waals surface area contributed by atoms with E-state index in [0.29, 0.717) is 16.5 Å². The van der Waals surface area contributed by atoms with Crippen molar-refractivity contribution in [2.24, 2.45) is 10.8 Å². The van der Waals surface area contributed by atoms with Crippen LogP contribution in [-0.2, 0) is 6.42 Å². The molecule has 3 heteroatoms. The predicted octanol–water partition coefficient (Wildman–Crippen LogP) is 5.50. The molecule has 0 saturated heterocycles. The van der Waals surface area contributed by atoms with Gasteiger partial charge in [-0.15, -0.1) is 0 Å². The standard InChI is InChI=1S/C17H24Cl2O/c1-15(2)9-16(3,4)11-17(20,10-15)8-12-5-6-13(18)7-14(12)19/h5-7,20H,8-11H2,1-4H3. The van der Waals surface area contributed by atoms with Crippen LogP contribution in [0.3, 0.4) is 0 Å². The zero-order chi connectivity index (χ0) is 15.2. The van der Waals surface area contributed by atoms with Crippen molar-refractivity contribution in [1.29, 1.82) is 0 Å². The van der Waals surface area contributed by atoms with Crippen LogP contribution in [0.2, 0.25) is 10.0 Å². The van der Waals surface area contributed by atoms with Gasteiger partial charge in [0.2, 0.25) is 0 Å². The van der Waals surface area contributed by atoms with Gasteiger partial charge in [0, 0.05) is 16.5 Å². The highest BCUT2D eigenvalue weighted by Gasteiger charge is 2.46. The summed E-state index contributed by atoms with van der Waals surface area (Å²) in [4.78, 5) is 0. The lowest BCUT2D eigenvalue weighted by Gasteiger charge is -2.49. The van der Waals surface area contributed by atoms with Gasteiger partial charge in [0.15, 0.2) is 0 Å². The molecule has 1 aliphatic rings. The monoisotopic (exact) mass is 314 g/mol. The van der Waals surface area contributed by atoms with Gasteiger partial charge in [0.25, 0.3) is 0 Å². The highest BCUT2D eigenvalue weighted by molar-refractivity contribution is 6.35. The molecule has 20 heavy (non-hydrogen) atoms. The Kier molecular flexibility index (Phi) is 4.19. The topological polar surface area (TPSA) is 20.2 Å². The van der Waals surface area contributed by atoms with Gasteiger partial charge < -0.3 is 5.11 Å². The van der Waals surface area contributed by atoms with Crippen LogP contribution in [0.5, 0.6) is 0 Å². The molecule has 2 rings (SSSR count). The number of hydrogen-bond donors (Lipinski definition) is 1. The highest BCUT2D eigenvalue weighted by Crippen LogP contribution is 2.51. The molecular formula is C17H24Cl2O. The molecule has 0 heterocycles. The molecule has 1 nitrogen and oxygen atoms in total. The molecule has 0 unspecified atom stereocenters. The fourth-order valence-electron chi connectivity index (χ4n) is 4.41. The molecule has 0 amide bonds. The maximum atomic E-state index is 11.1. The van der Waals surface area contributed by atoms with Crippen LogP contribution in [0.15, 0.2) is 18.2 Å². The summed E-state index contributed by atoms with van der Waals surface area (Å²) in [6, 6.07) is 5.52.